The number of rotatable bonds is 3. The van der Waals surface area contributed by atoms with E-state index in [4.69, 9.17) is 4.74 Å². The Bertz CT molecular complexity index is 579. The van der Waals surface area contributed by atoms with E-state index in [0.29, 0.717) is 30.7 Å². The minimum Gasteiger partial charge on any atom is -0.490 e. The van der Waals surface area contributed by atoms with Crippen LogP contribution in [0.25, 0.3) is 0 Å². The van der Waals surface area contributed by atoms with Crippen LogP contribution < -0.4 is 10.1 Å². The molecule has 1 aliphatic heterocycles. The van der Waals surface area contributed by atoms with Gasteiger partial charge in [0.05, 0.1) is 11.0 Å². The number of non-ortho nitro benzene ring substituents is 1. The van der Waals surface area contributed by atoms with Crippen LogP contribution in [0.3, 0.4) is 0 Å². The molecule has 2 unspecified atom stereocenters. The molecule has 1 aromatic rings. The Balaban J connectivity index is 1.82. The number of ether oxygens (including phenoxy) is 1. The lowest BCUT2D eigenvalue weighted by molar-refractivity contribution is -0.385. The van der Waals surface area contributed by atoms with E-state index in [0.717, 1.165) is 25.2 Å². The van der Waals surface area contributed by atoms with Crippen LogP contribution >= 0.6 is 0 Å². The number of hydrogen-bond acceptors (Lipinski definition) is 4. The Hall–Kier alpha value is -1.83. The minimum absolute atomic E-state index is 0.264. The van der Waals surface area contributed by atoms with Crippen LogP contribution in [0.4, 0.5) is 18.9 Å². The summed E-state index contributed by atoms with van der Waals surface area (Å²) in [6.45, 7) is 1.74. The van der Waals surface area contributed by atoms with E-state index in [9.17, 15) is 23.3 Å². The summed E-state index contributed by atoms with van der Waals surface area (Å²) >= 11 is 0. The molecule has 1 aromatic carbocycles. The molecule has 22 heavy (non-hydrogen) atoms. The van der Waals surface area contributed by atoms with Crippen LogP contribution in [0.15, 0.2) is 18.2 Å². The minimum atomic E-state index is -4.68. The molecule has 1 aliphatic carbocycles. The lowest BCUT2D eigenvalue weighted by atomic mass is 10.0. The van der Waals surface area contributed by atoms with Gasteiger partial charge in [-0.3, -0.25) is 10.1 Å². The third kappa shape index (κ3) is 2.87. The van der Waals surface area contributed by atoms with E-state index < -0.39 is 22.4 Å². The number of halogens is 3. The Morgan fingerprint density at radius 1 is 1.23 bits per heavy atom. The molecule has 1 saturated heterocycles. The fourth-order valence-electron chi connectivity index (χ4n) is 3.34. The van der Waals surface area contributed by atoms with Crippen LogP contribution in [0.1, 0.15) is 18.4 Å². The zero-order valence-electron chi connectivity index (χ0n) is 11.6. The van der Waals surface area contributed by atoms with Gasteiger partial charge in [0, 0.05) is 12.1 Å². The first-order valence-corrected chi connectivity index (χ1v) is 7.07. The van der Waals surface area contributed by atoms with Gasteiger partial charge >= 0.3 is 6.18 Å². The number of hydrogen-bond donors (Lipinski definition) is 1. The molecule has 3 rings (SSSR count). The molecule has 1 heterocycles. The second kappa shape index (κ2) is 5.42. The first-order valence-electron chi connectivity index (χ1n) is 7.07. The maximum absolute atomic E-state index is 13.1. The normalized spacial score (nSPS) is 27.7. The Morgan fingerprint density at radius 2 is 1.86 bits per heavy atom. The molecule has 0 aromatic heterocycles. The van der Waals surface area contributed by atoms with Gasteiger partial charge in [-0.2, -0.15) is 13.2 Å². The van der Waals surface area contributed by atoms with E-state index in [1.165, 1.54) is 0 Å². The lowest BCUT2D eigenvalue weighted by Gasteiger charge is -2.18. The predicted octanol–water partition coefficient (Wildman–Crippen LogP) is 2.99. The van der Waals surface area contributed by atoms with E-state index in [2.05, 4.69) is 5.32 Å². The summed E-state index contributed by atoms with van der Waals surface area (Å²) in [5.41, 5.74) is -1.68. The van der Waals surface area contributed by atoms with Crippen molar-refractivity contribution in [2.45, 2.75) is 25.1 Å². The van der Waals surface area contributed by atoms with Gasteiger partial charge in [0.1, 0.15) is 11.3 Å². The average molecular weight is 316 g/mol. The zero-order chi connectivity index (χ0) is 15.9. The third-order valence-corrected chi connectivity index (χ3v) is 4.38. The molecule has 0 bridgehead atoms. The first-order chi connectivity index (χ1) is 10.3. The van der Waals surface area contributed by atoms with Crippen molar-refractivity contribution in [3.8, 4) is 5.75 Å². The highest BCUT2D eigenvalue weighted by Crippen LogP contribution is 2.42. The summed E-state index contributed by atoms with van der Waals surface area (Å²) in [5.74, 6) is 0.561. The van der Waals surface area contributed by atoms with Gasteiger partial charge in [-0.05, 0) is 43.8 Å². The summed E-state index contributed by atoms with van der Waals surface area (Å²) in [7, 11) is 0. The number of nitrogens with one attached hydrogen (secondary N) is 1. The smallest absolute Gasteiger partial charge is 0.420 e. The van der Waals surface area contributed by atoms with Gasteiger partial charge in [-0.15, -0.1) is 0 Å². The molecule has 120 valence electrons. The van der Waals surface area contributed by atoms with Crippen molar-refractivity contribution in [1.82, 2.24) is 5.32 Å². The molecule has 2 fully saturated rings. The summed E-state index contributed by atoms with van der Waals surface area (Å²) in [4.78, 5) is 9.82. The van der Waals surface area contributed by atoms with Crippen molar-refractivity contribution in [1.29, 1.82) is 0 Å². The third-order valence-electron chi connectivity index (χ3n) is 4.38. The van der Waals surface area contributed by atoms with Gasteiger partial charge in [-0.25, -0.2) is 0 Å². The first kappa shape index (κ1) is 15.1. The fourth-order valence-corrected chi connectivity index (χ4v) is 3.34. The molecule has 1 saturated carbocycles. The summed E-state index contributed by atoms with van der Waals surface area (Å²) in [5, 5.41) is 13.9. The number of fused-ring (bicyclic) bond motifs is 1. The monoisotopic (exact) mass is 316 g/mol. The quantitative estimate of drug-likeness (QED) is 0.688. The number of benzene rings is 1. The average Bonchev–Trinajstić information content (AvgIpc) is 2.98. The van der Waals surface area contributed by atoms with Crippen LogP contribution in [0.2, 0.25) is 0 Å². The molecule has 0 amide bonds. The van der Waals surface area contributed by atoms with Crippen LogP contribution in [-0.4, -0.2) is 24.1 Å². The Morgan fingerprint density at radius 3 is 2.41 bits per heavy atom. The molecule has 1 N–H and O–H groups in total. The molecule has 2 atom stereocenters. The summed E-state index contributed by atoms with van der Waals surface area (Å²) in [6, 6.07) is 2.63. The number of nitro benzene ring substituents is 1. The maximum atomic E-state index is 13.1. The van der Waals surface area contributed by atoms with E-state index in [1.54, 1.807) is 0 Å². The Labute approximate surface area is 124 Å². The number of alkyl halides is 3. The summed E-state index contributed by atoms with van der Waals surface area (Å²) in [6.07, 6.45) is -3.52. The SMILES string of the molecule is O=[N+]([O-])c1ccc(OC2CC3CNCC3C2)c(C(F)(F)F)c1. The van der Waals surface area contributed by atoms with Crippen molar-refractivity contribution in [2.75, 3.05) is 13.1 Å². The Kier molecular flexibility index (Phi) is 3.72. The number of nitrogens with zero attached hydrogens (tertiary/aromatic N) is 1. The molecule has 2 aliphatic rings. The topological polar surface area (TPSA) is 64.4 Å². The highest BCUT2D eigenvalue weighted by Gasteiger charge is 2.41. The van der Waals surface area contributed by atoms with Gasteiger partial charge < -0.3 is 10.1 Å². The van der Waals surface area contributed by atoms with Crippen molar-refractivity contribution >= 4 is 5.69 Å². The molecular formula is C14H15F3N2O3. The molecule has 8 heteroatoms. The van der Waals surface area contributed by atoms with Crippen LogP contribution in [-0.2, 0) is 6.18 Å². The second-order valence-corrected chi connectivity index (χ2v) is 5.83. The van der Waals surface area contributed by atoms with E-state index in [-0.39, 0.29) is 11.9 Å². The molecule has 0 spiro atoms. The van der Waals surface area contributed by atoms with Crippen LogP contribution in [0.5, 0.6) is 5.75 Å². The maximum Gasteiger partial charge on any atom is 0.420 e. The van der Waals surface area contributed by atoms with Crippen molar-refractivity contribution in [3.63, 3.8) is 0 Å². The van der Waals surface area contributed by atoms with Crippen molar-refractivity contribution in [3.05, 3.63) is 33.9 Å². The predicted molar refractivity (Wildman–Crippen MR) is 71.6 cm³/mol. The highest BCUT2D eigenvalue weighted by atomic mass is 19.4. The van der Waals surface area contributed by atoms with Gasteiger partial charge in [-0.1, -0.05) is 0 Å². The van der Waals surface area contributed by atoms with Gasteiger partial charge in [0.2, 0.25) is 0 Å². The standard InChI is InChI=1S/C14H15F3N2O3/c15-14(16,17)12-5-10(19(20)21)1-2-13(12)22-11-3-8-6-18-7-9(8)4-11/h1-2,5,8-9,11,18H,3-4,6-7H2. The van der Waals surface area contributed by atoms with Gasteiger partial charge in [0.25, 0.3) is 5.69 Å². The summed E-state index contributed by atoms with van der Waals surface area (Å²) < 4.78 is 44.8. The van der Waals surface area contributed by atoms with Crippen molar-refractivity contribution in [2.24, 2.45) is 11.8 Å². The van der Waals surface area contributed by atoms with Gasteiger partial charge in [0.15, 0.2) is 0 Å². The highest BCUT2D eigenvalue weighted by molar-refractivity contribution is 5.45. The van der Waals surface area contributed by atoms with Crippen LogP contribution in [0, 0.1) is 22.0 Å². The molecular weight excluding hydrogens is 301 g/mol. The van der Waals surface area contributed by atoms with E-state index in [1.807, 2.05) is 0 Å². The zero-order valence-corrected chi connectivity index (χ0v) is 11.6. The lowest BCUT2D eigenvalue weighted by Crippen LogP contribution is -2.20. The largest absolute Gasteiger partial charge is 0.490 e. The molecule has 5 nitrogen and oxygen atoms in total. The van der Waals surface area contributed by atoms with Crippen molar-refractivity contribution < 1.29 is 22.8 Å². The number of nitro groups is 1. The molecule has 0 radical (unpaired) electrons. The second-order valence-electron chi connectivity index (χ2n) is 5.83. The van der Waals surface area contributed by atoms with E-state index >= 15 is 0 Å². The fraction of sp³-hybridized carbons (Fsp3) is 0.571.